The van der Waals surface area contributed by atoms with E-state index >= 15 is 0 Å². The zero-order chi connectivity index (χ0) is 14.8. The SMILES string of the molecule is C=C(/C=C\C=C/N(/C=C/C)C1=CCCC=C1)/C(C)=C/C. The van der Waals surface area contributed by atoms with Crippen LogP contribution in [0.5, 0.6) is 0 Å². The van der Waals surface area contributed by atoms with Crippen molar-refractivity contribution in [3.63, 3.8) is 0 Å². The molecule has 0 unspecified atom stereocenters. The second-order valence-corrected chi connectivity index (χ2v) is 4.70. The summed E-state index contributed by atoms with van der Waals surface area (Å²) >= 11 is 0. The highest BCUT2D eigenvalue weighted by Gasteiger charge is 2.01. The minimum atomic E-state index is 1.05. The summed E-state index contributed by atoms with van der Waals surface area (Å²) in [6.45, 7) is 10.2. The van der Waals surface area contributed by atoms with Gasteiger partial charge in [-0.05, 0) is 56.9 Å². The molecule has 106 valence electrons. The van der Waals surface area contributed by atoms with Crippen LogP contribution in [0, 0.1) is 0 Å². The fraction of sp³-hybridized carbons (Fsp3) is 0.263. The van der Waals surface area contributed by atoms with E-state index in [1.165, 1.54) is 11.3 Å². The molecule has 0 spiro atoms. The summed E-state index contributed by atoms with van der Waals surface area (Å²) in [6, 6.07) is 0. The lowest BCUT2D eigenvalue weighted by atomic mass is 10.1. The monoisotopic (exact) mass is 267 g/mol. The third-order valence-electron chi connectivity index (χ3n) is 3.18. The second-order valence-electron chi connectivity index (χ2n) is 4.70. The lowest BCUT2D eigenvalue weighted by Crippen LogP contribution is -2.08. The number of allylic oxidation sites excluding steroid dienone is 10. The first kappa shape index (κ1) is 16.0. The standard InChI is InChI=1S/C19H25N/c1-5-15-20(19-13-8-7-9-14-19)16-11-10-12-18(4)17(3)6-2/h5-6,8,10-16H,4,7,9H2,1-3H3/b12-10-,15-5+,16-11-,17-6+. The van der Waals surface area contributed by atoms with Gasteiger partial charge in [0.15, 0.2) is 0 Å². The molecule has 0 N–H and O–H groups in total. The average molecular weight is 267 g/mol. The minimum absolute atomic E-state index is 1.05. The van der Waals surface area contributed by atoms with Crippen molar-refractivity contribution in [3.8, 4) is 0 Å². The van der Waals surface area contributed by atoms with Gasteiger partial charge in [-0.3, -0.25) is 0 Å². The smallest absolute Gasteiger partial charge is 0.0406 e. The third kappa shape index (κ3) is 5.31. The van der Waals surface area contributed by atoms with Crippen LogP contribution in [-0.2, 0) is 0 Å². The van der Waals surface area contributed by atoms with Gasteiger partial charge < -0.3 is 4.90 Å². The molecule has 1 nitrogen and oxygen atoms in total. The molecule has 0 atom stereocenters. The first-order chi connectivity index (χ1) is 9.69. The molecule has 0 saturated heterocycles. The van der Waals surface area contributed by atoms with Crippen LogP contribution in [-0.4, -0.2) is 4.90 Å². The Morgan fingerprint density at radius 1 is 1.20 bits per heavy atom. The van der Waals surface area contributed by atoms with Crippen molar-refractivity contribution in [1.29, 1.82) is 0 Å². The molecule has 1 aliphatic rings. The van der Waals surface area contributed by atoms with Gasteiger partial charge in [-0.25, -0.2) is 0 Å². The Labute approximate surface area is 123 Å². The van der Waals surface area contributed by atoms with Crippen molar-refractivity contribution in [2.45, 2.75) is 33.6 Å². The summed E-state index contributed by atoms with van der Waals surface area (Å²) in [5.74, 6) is 0. The van der Waals surface area contributed by atoms with E-state index in [2.05, 4.69) is 55.1 Å². The van der Waals surface area contributed by atoms with E-state index in [1.54, 1.807) is 0 Å². The zero-order valence-corrected chi connectivity index (χ0v) is 12.8. The minimum Gasteiger partial charge on any atom is -0.325 e. The van der Waals surface area contributed by atoms with Gasteiger partial charge in [0.05, 0.1) is 0 Å². The van der Waals surface area contributed by atoms with Gasteiger partial charge >= 0.3 is 0 Å². The van der Waals surface area contributed by atoms with E-state index < -0.39 is 0 Å². The second kappa shape index (κ2) is 8.98. The lowest BCUT2D eigenvalue weighted by molar-refractivity contribution is 0.639. The first-order valence-corrected chi connectivity index (χ1v) is 7.14. The highest BCUT2D eigenvalue weighted by Crippen LogP contribution is 2.15. The van der Waals surface area contributed by atoms with Crippen molar-refractivity contribution in [3.05, 3.63) is 84.4 Å². The maximum Gasteiger partial charge on any atom is 0.0406 e. The average Bonchev–Trinajstić information content (AvgIpc) is 2.50. The normalized spacial score (nSPS) is 16.4. The van der Waals surface area contributed by atoms with Crippen molar-refractivity contribution >= 4 is 0 Å². The van der Waals surface area contributed by atoms with E-state index in [1.807, 2.05) is 38.2 Å². The summed E-state index contributed by atoms with van der Waals surface area (Å²) < 4.78 is 0. The van der Waals surface area contributed by atoms with Crippen LogP contribution in [0.3, 0.4) is 0 Å². The molecule has 0 amide bonds. The Hall–Kier alpha value is -2.02. The summed E-state index contributed by atoms with van der Waals surface area (Å²) in [5.41, 5.74) is 3.48. The molecule has 0 fully saturated rings. The highest BCUT2D eigenvalue weighted by atomic mass is 15.1. The van der Waals surface area contributed by atoms with Crippen LogP contribution in [0.25, 0.3) is 0 Å². The Kier molecular flexibility index (Phi) is 7.20. The van der Waals surface area contributed by atoms with Crippen molar-refractivity contribution in [2.24, 2.45) is 0 Å². The zero-order valence-electron chi connectivity index (χ0n) is 12.8. The topological polar surface area (TPSA) is 3.24 Å². The number of nitrogens with zero attached hydrogens (tertiary/aromatic N) is 1. The van der Waals surface area contributed by atoms with E-state index in [-0.39, 0.29) is 0 Å². The number of rotatable bonds is 6. The van der Waals surface area contributed by atoms with Gasteiger partial charge in [-0.15, -0.1) is 0 Å². The molecule has 0 bridgehead atoms. The summed E-state index contributed by atoms with van der Waals surface area (Å²) in [4.78, 5) is 2.13. The van der Waals surface area contributed by atoms with Crippen LogP contribution in [0.15, 0.2) is 84.4 Å². The van der Waals surface area contributed by atoms with E-state index in [9.17, 15) is 0 Å². The Balaban J connectivity index is 2.69. The van der Waals surface area contributed by atoms with Gasteiger partial charge in [0, 0.05) is 18.1 Å². The fourth-order valence-corrected chi connectivity index (χ4v) is 1.80. The van der Waals surface area contributed by atoms with Crippen LogP contribution >= 0.6 is 0 Å². The van der Waals surface area contributed by atoms with Gasteiger partial charge in [0.25, 0.3) is 0 Å². The van der Waals surface area contributed by atoms with Crippen LogP contribution in [0.1, 0.15) is 33.6 Å². The lowest BCUT2D eigenvalue weighted by Gasteiger charge is -2.18. The number of hydrogen-bond donors (Lipinski definition) is 0. The maximum absolute atomic E-state index is 4.03. The molecule has 1 aliphatic carbocycles. The predicted octanol–water partition coefficient (Wildman–Crippen LogP) is 5.65. The molecule has 0 aromatic rings. The maximum atomic E-state index is 4.03. The first-order valence-electron chi connectivity index (χ1n) is 7.14. The van der Waals surface area contributed by atoms with Crippen molar-refractivity contribution < 1.29 is 0 Å². The van der Waals surface area contributed by atoms with Gasteiger partial charge in [0.2, 0.25) is 0 Å². The molecule has 0 heterocycles. The molecule has 0 aromatic carbocycles. The van der Waals surface area contributed by atoms with Crippen molar-refractivity contribution in [1.82, 2.24) is 4.90 Å². The van der Waals surface area contributed by atoms with Gasteiger partial charge in [-0.2, -0.15) is 0 Å². The van der Waals surface area contributed by atoms with Gasteiger partial charge in [-0.1, -0.05) is 43.0 Å². The molecular weight excluding hydrogens is 242 g/mol. The Bertz CT molecular complexity index is 496. The molecule has 1 rings (SSSR count). The van der Waals surface area contributed by atoms with E-state index in [4.69, 9.17) is 0 Å². The molecule has 0 radical (unpaired) electrons. The molecule has 20 heavy (non-hydrogen) atoms. The van der Waals surface area contributed by atoms with Crippen LogP contribution in [0.4, 0.5) is 0 Å². The van der Waals surface area contributed by atoms with E-state index in [0.717, 1.165) is 18.4 Å². The van der Waals surface area contributed by atoms with Gasteiger partial charge in [0.1, 0.15) is 0 Å². The molecule has 0 aliphatic heterocycles. The molecule has 0 saturated carbocycles. The summed E-state index contributed by atoms with van der Waals surface area (Å²) in [7, 11) is 0. The fourth-order valence-electron chi connectivity index (χ4n) is 1.80. The third-order valence-corrected chi connectivity index (χ3v) is 3.18. The molecule has 0 aromatic heterocycles. The van der Waals surface area contributed by atoms with Crippen LogP contribution < -0.4 is 0 Å². The predicted molar refractivity (Wildman–Crippen MR) is 90.0 cm³/mol. The number of hydrogen-bond acceptors (Lipinski definition) is 1. The quantitative estimate of drug-likeness (QED) is 0.562. The summed E-state index contributed by atoms with van der Waals surface area (Å²) in [5, 5.41) is 0. The Morgan fingerprint density at radius 3 is 2.60 bits per heavy atom. The summed E-state index contributed by atoms with van der Waals surface area (Å²) in [6.07, 6.45) is 23.2. The Morgan fingerprint density at radius 2 is 2.00 bits per heavy atom. The van der Waals surface area contributed by atoms with Crippen molar-refractivity contribution in [2.75, 3.05) is 0 Å². The van der Waals surface area contributed by atoms with Crippen LogP contribution in [0.2, 0.25) is 0 Å². The molecule has 1 heteroatoms. The van der Waals surface area contributed by atoms with E-state index in [0.29, 0.717) is 0 Å². The highest BCUT2D eigenvalue weighted by molar-refractivity contribution is 5.36. The largest absolute Gasteiger partial charge is 0.325 e. The molecular formula is C19H25N.